The number of hydrogen-bond donors (Lipinski definition) is 1. The molecule has 0 aromatic heterocycles. The molecule has 102 valence electrons. The van der Waals surface area contributed by atoms with Crippen molar-refractivity contribution in [2.75, 3.05) is 0 Å². The summed E-state index contributed by atoms with van der Waals surface area (Å²) in [5.41, 5.74) is 0.435. The molecule has 1 fully saturated rings. The van der Waals surface area contributed by atoms with Crippen LogP contribution in [0.1, 0.15) is 30.1 Å². The molecule has 4 nitrogen and oxygen atoms in total. The largest absolute Gasteiger partial charge is 0.480 e. The zero-order chi connectivity index (χ0) is 14.2. The molecular weight excluding hydrogens is 334 g/mol. The van der Waals surface area contributed by atoms with Gasteiger partial charge in [-0.05, 0) is 53.9 Å². The van der Waals surface area contributed by atoms with Gasteiger partial charge in [-0.1, -0.05) is 11.6 Å². The van der Waals surface area contributed by atoms with Crippen LogP contribution in [0.2, 0.25) is 5.02 Å². The number of carbonyl (C=O) groups is 2. The van der Waals surface area contributed by atoms with Crippen LogP contribution in [0.15, 0.2) is 22.7 Å². The summed E-state index contributed by atoms with van der Waals surface area (Å²) in [6.45, 7) is 1.53. The zero-order valence-electron chi connectivity index (χ0n) is 10.3. The Bertz CT molecular complexity index is 531. The van der Waals surface area contributed by atoms with Gasteiger partial charge in [-0.25, -0.2) is 4.79 Å². The highest BCUT2D eigenvalue weighted by molar-refractivity contribution is 9.10. The molecular formula is C13H13BrClNO3. The molecule has 1 aliphatic carbocycles. The van der Waals surface area contributed by atoms with E-state index >= 15 is 0 Å². The SMILES string of the molecule is CC(C(=O)O)N(C(=O)c1ccc(Cl)cc1Br)C1CC1. The highest BCUT2D eigenvalue weighted by Crippen LogP contribution is 2.32. The van der Waals surface area contributed by atoms with Crippen molar-refractivity contribution in [2.24, 2.45) is 0 Å². The van der Waals surface area contributed by atoms with Crippen LogP contribution < -0.4 is 0 Å². The molecule has 0 spiro atoms. The standard InChI is InChI=1S/C13H13BrClNO3/c1-7(13(18)19)16(9-3-4-9)12(17)10-5-2-8(15)6-11(10)14/h2,5-7,9H,3-4H2,1H3,(H,18,19). The molecule has 1 N–H and O–H groups in total. The van der Waals surface area contributed by atoms with Crippen LogP contribution in [0.3, 0.4) is 0 Å². The predicted molar refractivity (Wildman–Crippen MR) is 75.4 cm³/mol. The van der Waals surface area contributed by atoms with Crippen molar-refractivity contribution in [1.29, 1.82) is 0 Å². The third kappa shape index (κ3) is 3.09. The van der Waals surface area contributed by atoms with E-state index in [1.54, 1.807) is 18.2 Å². The fourth-order valence-corrected chi connectivity index (χ4v) is 2.78. The van der Waals surface area contributed by atoms with E-state index in [9.17, 15) is 9.59 Å². The van der Waals surface area contributed by atoms with Crippen LogP contribution in [0, 0.1) is 0 Å². The maximum Gasteiger partial charge on any atom is 0.326 e. The molecule has 1 aliphatic rings. The van der Waals surface area contributed by atoms with Gasteiger partial charge in [0.05, 0.1) is 5.56 Å². The van der Waals surface area contributed by atoms with Crippen molar-refractivity contribution >= 4 is 39.4 Å². The molecule has 0 bridgehead atoms. The van der Waals surface area contributed by atoms with Crippen LogP contribution in [-0.2, 0) is 4.79 Å². The van der Waals surface area contributed by atoms with Crippen molar-refractivity contribution in [2.45, 2.75) is 31.8 Å². The van der Waals surface area contributed by atoms with Crippen molar-refractivity contribution < 1.29 is 14.7 Å². The topological polar surface area (TPSA) is 57.6 Å². The molecule has 0 aliphatic heterocycles. The number of carboxylic acids is 1. The summed E-state index contributed by atoms with van der Waals surface area (Å²) in [5, 5.41) is 9.63. The normalized spacial score (nSPS) is 15.9. The van der Waals surface area contributed by atoms with E-state index < -0.39 is 12.0 Å². The summed E-state index contributed by atoms with van der Waals surface area (Å²) in [7, 11) is 0. The highest BCUT2D eigenvalue weighted by atomic mass is 79.9. The van der Waals surface area contributed by atoms with Crippen LogP contribution in [0.4, 0.5) is 0 Å². The molecule has 0 saturated heterocycles. The van der Waals surface area contributed by atoms with Gasteiger partial charge in [0.1, 0.15) is 6.04 Å². The molecule has 1 unspecified atom stereocenters. The summed E-state index contributed by atoms with van der Waals surface area (Å²) in [4.78, 5) is 25.1. The van der Waals surface area contributed by atoms with Crippen LogP contribution in [0.25, 0.3) is 0 Å². The Morgan fingerprint density at radius 3 is 2.58 bits per heavy atom. The smallest absolute Gasteiger partial charge is 0.326 e. The summed E-state index contributed by atoms with van der Waals surface area (Å²) in [6.07, 6.45) is 1.71. The van der Waals surface area contributed by atoms with Crippen molar-refractivity contribution in [1.82, 2.24) is 4.90 Å². The summed E-state index contributed by atoms with van der Waals surface area (Å²) in [6, 6.07) is 4.06. The lowest BCUT2D eigenvalue weighted by Gasteiger charge is -2.27. The Balaban J connectivity index is 2.31. The Morgan fingerprint density at radius 1 is 1.47 bits per heavy atom. The van der Waals surface area contributed by atoms with Crippen molar-refractivity contribution in [3.05, 3.63) is 33.3 Å². The number of aliphatic carboxylic acids is 1. The van der Waals surface area contributed by atoms with E-state index in [1.807, 2.05) is 0 Å². The Morgan fingerprint density at radius 2 is 2.11 bits per heavy atom. The molecule has 0 heterocycles. The van der Waals surface area contributed by atoms with E-state index in [1.165, 1.54) is 11.8 Å². The zero-order valence-corrected chi connectivity index (χ0v) is 12.6. The molecule has 1 aromatic carbocycles. The average Bonchev–Trinajstić information content (AvgIpc) is 3.13. The van der Waals surface area contributed by atoms with E-state index in [-0.39, 0.29) is 11.9 Å². The van der Waals surface area contributed by atoms with Gasteiger partial charge in [-0.3, -0.25) is 4.79 Å². The fraction of sp³-hybridized carbons (Fsp3) is 0.385. The summed E-state index contributed by atoms with van der Waals surface area (Å²) < 4.78 is 0.577. The first kappa shape index (κ1) is 14.3. The van der Waals surface area contributed by atoms with Gasteiger partial charge in [0.15, 0.2) is 0 Å². The van der Waals surface area contributed by atoms with Crippen LogP contribution in [-0.4, -0.2) is 34.0 Å². The van der Waals surface area contributed by atoms with Gasteiger partial charge in [0.2, 0.25) is 0 Å². The number of benzene rings is 1. The second kappa shape index (κ2) is 5.51. The summed E-state index contributed by atoms with van der Waals surface area (Å²) >= 11 is 9.13. The van der Waals surface area contributed by atoms with Gasteiger partial charge in [-0.2, -0.15) is 0 Å². The van der Waals surface area contributed by atoms with Gasteiger partial charge in [-0.15, -0.1) is 0 Å². The van der Waals surface area contributed by atoms with E-state index in [0.717, 1.165) is 12.8 Å². The Labute approximate surface area is 124 Å². The van der Waals surface area contributed by atoms with Gasteiger partial charge < -0.3 is 10.0 Å². The molecule has 1 saturated carbocycles. The van der Waals surface area contributed by atoms with Crippen molar-refractivity contribution in [3.8, 4) is 0 Å². The van der Waals surface area contributed by atoms with E-state index in [4.69, 9.17) is 16.7 Å². The molecule has 1 atom stereocenters. The summed E-state index contributed by atoms with van der Waals surface area (Å²) in [5.74, 6) is -1.27. The number of nitrogens with zero attached hydrogens (tertiary/aromatic N) is 1. The van der Waals surface area contributed by atoms with E-state index in [0.29, 0.717) is 15.1 Å². The minimum Gasteiger partial charge on any atom is -0.480 e. The minimum absolute atomic E-state index is 0.0289. The van der Waals surface area contributed by atoms with Gasteiger partial charge >= 0.3 is 5.97 Å². The lowest BCUT2D eigenvalue weighted by Crippen LogP contribution is -2.44. The monoisotopic (exact) mass is 345 g/mol. The number of carboxylic acid groups (broad SMARTS) is 1. The number of hydrogen-bond acceptors (Lipinski definition) is 2. The van der Waals surface area contributed by atoms with Gasteiger partial charge in [0.25, 0.3) is 5.91 Å². The van der Waals surface area contributed by atoms with Gasteiger partial charge in [0, 0.05) is 15.5 Å². The lowest BCUT2D eigenvalue weighted by molar-refractivity contribution is -0.141. The minimum atomic E-state index is -0.995. The molecule has 1 amide bonds. The fourth-order valence-electron chi connectivity index (χ4n) is 1.93. The van der Waals surface area contributed by atoms with Crippen LogP contribution in [0.5, 0.6) is 0 Å². The van der Waals surface area contributed by atoms with E-state index in [2.05, 4.69) is 15.9 Å². The number of rotatable bonds is 4. The maximum atomic E-state index is 12.5. The molecule has 2 rings (SSSR count). The van der Waals surface area contributed by atoms with Crippen molar-refractivity contribution in [3.63, 3.8) is 0 Å². The molecule has 19 heavy (non-hydrogen) atoms. The maximum absolute atomic E-state index is 12.5. The second-order valence-electron chi connectivity index (χ2n) is 4.58. The first-order valence-electron chi connectivity index (χ1n) is 5.92. The first-order valence-corrected chi connectivity index (χ1v) is 7.09. The number of carbonyl (C=O) groups excluding carboxylic acids is 1. The lowest BCUT2D eigenvalue weighted by atomic mass is 10.1. The molecule has 0 radical (unpaired) electrons. The number of halogens is 2. The van der Waals surface area contributed by atoms with Crippen LogP contribution >= 0.6 is 27.5 Å². The quantitative estimate of drug-likeness (QED) is 0.911. The Hall–Kier alpha value is -1.07. The molecule has 1 aromatic rings. The third-order valence-electron chi connectivity index (χ3n) is 3.11. The highest BCUT2D eigenvalue weighted by Gasteiger charge is 2.39. The second-order valence-corrected chi connectivity index (χ2v) is 5.87. The molecule has 6 heteroatoms. The third-order valence-corrected chi connectivity index (χ3v) is 4.00. The Kier molecular flexibility index (Phi) is 4.16. The first-order chi connectivity index (χ1) is 8.91. The predicted octanol–water partition coefficient (Wildman–Crippen LogP) is 3.18. The average molecular weight is 347 g/mol. The number of amides is 1.